The van der Waals surface area contributed by atoms with Gasteiger partial charge in [-0.25, -0.2) is 0 Å². The van der Waals surface area contributed by atoms with Crippen LogP contribution in [0.3, 0.4) is 0 Å². The van der Waals surface area contributed by atoms with Crippen molar-refractivity contribution in [1.82, 2.24) is 9.78 Å². The zero-order valence-corrected chi connectivity index (χ0v) is 12.0. The Balaban J connectivity index is 2.69. The lowest BCUT2D eigenvalue weighted by Crippen LogP contribution is -2.47. The van der Waals surface area contributed by atoms with Crippen LogP contribution in [0.1, 0.15) is 31.7 Å². The molecule has 0 amide bonds. The lowest BCUT2D eigenvalue weighted by atomic mass is 10.00. The first-order chi connectivity index (χ1) is 8.29. The molecule has 0 fully saturated rings. The van der Waals surface area contributed by atoms with Crippen LogP contribution >= 0.6 is 11.6 Å². The molecule has 0 aliphatic rings. The van der Waals surface area contributed by atoms with Crippen LogP contribution in [0, 0.1) is 13.8 Å². The smallest absolute Gasteiger partial charge is 0.325 e. The zero-order valence-electron chi connectivity index (χ0n) is 11.3. The molecule has 1 aromatic rings. The summed E-state index contributed by atoms with van der Waals surface area (Å²) in [6, 6.07) is 0. The average Bonchev–Trinajstić information content (AvgIpc) is 2.54. The Hall–Kier alpha value is -1.07. The Labute approximate surface area is 112 Å². The number of nitrogens with zero attached hydrogens (tertiary/aromatic N) is 2. The largest absolute Gasteiger partial charge is 0.465 e. The monoisotopic (exact) mass is 273 g/mol. The first kappa shape index (κ1) is 15.0. The van der Waals surface area contributed by atoms with Gasteiger partial charge in [-0.3, -0.25) is 9.48 Å². The molecule has 0 saturated heterocycles. The number of halogens is 1. The topological polar surface area (TPSA) is 70.1 Å². The minimum Gasteiger partial charge on any atom is -0.465 e. The molecule has 1 atom stereocenters. The molecule has 1 rings (SSSR count). The van der Waals surface area contributed by atoms with Gasteiger partial charge in [0.25, 0.3) is 0 Å². The lowest BCUT2D eigenvalue weighted by Gasteiger charge is -2.22. The van der Waals surface area contributed by atoms with Crippen molar-refractivity contribution >= 4 is 17.6 Å². The molecule has 0 aliphatic carbocycles. The SMILES string of the molecule is CCOC(=O)C(C)(N)CCn1nc(C)c(Cl)c1C. The number of aromatic nitrogens is 2. The van der Waals surface area contributed by atoms with Gasteiger partial charge in [0.15, 0.2) is 0 Å². The molecule has 0 radical (unpaired) electrons. The number of carbonyl (C=O) groups excluding carboxylic acids is 1. The predicted octanol–water partition coefficient (Wildman–Crippen LogP) is 1.82. The van der Waals surface area contributed by atoms with Gasteiger partial charge in [0.2, 0.25) is 0 Å². The number of rotatable bonds is 5. The highest BCUT2D eigenvalue weighted by atomic mass is 35.5. The lowest BCUT2D eigenvalue weighted by molar-refractivity contribution is -0.149. The van der Waals surface area contributed by atoms with E-state index in [0.717, 1.165) is 11.4 Å². The summed E-state index contributed by atoms with van der Waals surface area (Å²) >= 11 is 6.05. The zero-order chi connectivity index (χ0) is 13.9. The van der Waals surface area contributed by atoms with Crippen LogP contribution in [-0.2, 0) is 16.1 Å². The van der Waals surface area contributed by atoms with Gasteiger partial charge in [-0.15, -0.1) is 0 Å². The van der Waals surface area contributed by atoms with Gasteiger partial charge in [0.05, 0.1) is 23.0 Å². The van der Waals surface area contributed by atoms with Crippen LogP contribution in [0.4, 0.5) is 0 Å². The van der Waals surface area contributed by atoms with E-state index >= 15 is 0 Å². The van der Waals surface area contributed by atoms with E-state index in [1.54, 1.807) is 18.5 Å². The van der Waals surface area contributed by atoms with Crippen molar-refractivity contribution in [3.63, 3.8) is 0 Å². The third kappa shape index (κ3) is 3.23. The van der Waals surface area contributed by atoms with Gasteiger partial charge in [-0.2, -0.15) is 5.10 Å². The Morgan fingerprint density at radius 2 is 2.17 bits per heavy atom. The van der Waals surface area contributed by atoms with Crippen LogP contribution < -0.4 is 5.73 Å². The fourth-order valence-corrected chi connectivity index (χ4v) is 1.76. The van der Waals surface area contributed by atoms with E-state index in [9.17, 15) is 4.79 Å². The molecule has 6 heteroatoms. The maximum atomic E-state index is 11.6. The summed E-state index contributed by atoms with van der Waals surface area (Å²) in [6.07, 6.45) is 0.449. The molecule has 0 spiro atoms. The van der Waals surface area contributed by atoms with Crippen molar-refractivity contribution in [2.45, 2.75) is 46.2 Å². The molecule has 0 saturated carbocycles. The van der Waals surface area contributed by atoms with E-state index in [0.29, 0.717) is 24.6 Å². The van der Waals surface area contributed by atoms with Crippen LogP contribution in [0.15, 0.2) is 0 Å². The minimum atomic E-state index is -1.01. The molecular formula is C12H20ClN3O2. The summed E-state index contributed by atoms with van der Waals surface area (Å²) < 4.78 is 6.70. The minimum absolute atomic E-state index is 0.331. The molecule has 1 unspecified atom stereocenters. The van der Waals surface area contributed by atoms with Crippen molar-refractivity contribution in [1.29, 1.82) is 0 Å². The second-order valence-electron chi connectivity index (χ2n) is 4.60. The number of hydrogen-bond donors (Lipinski definition) is 1. The Morgan fingerprint density at radius 1 is 1.56 bits per heavy atom. The maximum absolute atomic E-state index is 11.6. The second-order valence-corrected chi connectivity index (χ2v) is 4.97. The van der Waals surface area contributed by atoms with Crippen LogP contribution in [0.25, 0.3) is 0 Å². The highest BCUT2D eigenvalue weighted by Gasteiger charge is 2.30. The number of hydrogen-bond acceptors (Lipinski definition) is 4. The number of nitrogens with two attached hydrogens (primary N) is 1. The molecule has 1 aromatic heterocycles. The molecule has 5 nitrogen and oxygen atoms in total. The van der Waals surface area contributed by atoms with E-state index in [1.165, 1.54) is 0 Å². The molecule has 0 aliphatic heterocycles. The van der Waals surface area contributed by atoms with Crippen molar-refractivity contribution in [2.24, 2.45) is 5.73 Å². The van der Waals surface area contributed by atoms with E-state index in [-0.39, 0.29) is 0 Å². The highest BCUT2D eigenvalue weighted by molar-refractivity contribution is 6.31. The van der Waals surface area contributed by atoms with Crippen LogP contribution in [-0.4, -0.2) is 27.9 Å². The first-order valence-corrected chi connectivity index (χ1v) is 6.33. The number of ether oxygens (including phenoxy) is 1. The predicted molar refractivity (Wildman–Crippen MR) is 70.6 cm³/mol. The van der Waals surface area contributed by atoms with E-state index in [1.807, 2.05) is 13.8 Å². The number of esters is 1. The van der Waals surface area contributed by atoms with E-state index < -0.39 is 11.5 Å². The van der Waals surface area contributed by atoms with Crippen LogP contribution in [0.5, 0.6) is 0 Å². The normalized spacial score (nSPS) is 14.3. The second kappa shape index (κ2) is 5.71. The van der Waals surface area contributed by atoms with E-state index in [2.05, 4.69) is 5.10 Å². The van der Waals surface area contributed by atoms with Gasteiger partial charge >= 0.3 is 5.97 Å². The fraction of sp³-hybridized carbons (Fsp3) is 0.667. The Morgan fingerprint density at radius 3 is 2.61 bits per heavy atom. The van der Waals surface area contributed by atoms with Gasteiger partial charge in [0, 0.05) is 6.54 Å². The summed E-state index contributed by atoms with van der Waals surface area (Å²) in [6.45, 7) is 8.02. The summed E-state index contributed by atoms with van der Waals surface area (Å²) in [5.74, 6) is -0.391. The van der Waals surface area contributed by atoms with E-state index in [4.69, 9.17) is 22.1 Å². The molecule has 0 aromatic carbocycles. The third-order valence-electron chi connectivity index (χ3n) is 2.88. The summed E-state index contributed by atoms with van der Waals surface area (Å²) in [4.78, 5) is 11.6. The Kier molecular flexibility index (Phi) is 4.76. The van der Waals surface area contributed by atoms with Gasteiger partial charge < -0.3 is 10.5 Å². The van der Waals surface area contributed by atoms with Crippen molar-refractivity contribution < 1.29 is 9.53 Å². The Bertz CT molecular complexity index is 441. The first-order valence-electron chi connectivity index (χ1n) is 5.95. The number of aryl methyl sites for hydroxylation is 2. The van der Waals surface area contributed by atoms with Crippen molar-refractivity contribution in [3.8, 4) is 0 Å². The maximum Gasteiger partial charge on any atom is 0.325 e. The fourth-order valence-electron chi connectivity index (χ4n) is 1.63. The summed E-state index contributed by atoms with van der Waals surface area (Å²) in [5.41, 5.74) is 6.60. The van der Waals surface area contributed by atoms with Crippen molar-refractivity contribution in [2.75, 3.05) is 6.61 Å². The average molecular weight is 274 g/mol. The van der Waals surface area contributed by atoms with Gasteiger partial charge in [-0.05, 0) is 34.1 Å². The third-order valence-corrected chi connectivity index (χ3v) is 3.42. The highest BCUT2D eigenvalue weighted by Crippen LogP contribution is 2.20. The standard InChI is InChI=1S/C12H20ClN3O2/c1-5-18-11(17)12(4,14)6-7-16-9(3)10(13)8(2)15-16/h5-7,14H2,1-4H3. The quantitative estimate of drug-likeness (QED) is 0.831. The molecule has 0 bridgehead atoms. The summed E-state index contributed by atoms with van der Waals surface area (Å²) in [5, 5.41) is 4.95. The number of carbonyl (C=O) groups is 1. The molecule has 2 N–H and O–H groups in total. The molecule has 1 heterocycles. The van der Waals surface area contributed by atoms with Gasteiger partial charge in [0.1, 0.15) is 5.54 Å². The molecule has 18 heavy (non-hydrogen) atoms. The molecule has 102 valence electrons. The van der Waals surface area contributed by atoms with Gasteiger partial charge in [-0.1, -0.05) is 11.6 Å². The van der Waals surface area contributed by atoms with Crippen LogP contribution in [0.2, 0.25) is 5.02 Å². The van der Waals surface area contributed by atoms with Crippen molar-refractivity contribution in [3.05, 3.63) is 16.4 Å². The molecular weight excluding hydrogens is 254 g/mol. The summed E-state index contributed by atoms with van der Waals surface area (Å²) in [7, 11) is 0.